The Morgan fingerprint density at radius 2 is 2.27 bits per heavy atom. The zero-order valence-electron chi connectivity index (χ0n) is 13.3. The molecule has 1 aromatic rings. The van der Waals surface area contributed by atoms with Crippen LogP contribution >= 0.6 is 15.9 Å². The van der Waals surface area contributed by atoms with E-state index >= 15 is 0 Å². The highest BCUT2D eigenvalue weighted by molar-refractivity contribution is 9.10. The summed E-state index contributed by atoms with van der Waals surface area (Å²) in [5.41, 5.74) is 1.26. The number of benzene rings is 1. The number of halogens is 1. The first-order chi connectivity index (χ1) is 10.7. The highest BCUT2D eigenvalue weighted by Gasteiger charge is 2.24. The highest BCUT2D eigenvalue weighted by atomic mass is 79.9. The largest absolute Gasteiger partial charge is 0.385 e. The van der Waals surface area contributed by atoms with Gasteiger partial charge in [-0.1, -0.05) is 12.1 Å². The number of hydrogen-bond acceptors (Lipinski definition) is 3. The molecule has 1 aliphatic rings. The van der Waals surface area contributed by atoms with Crippen molar-refractivity contribution < 1.29 is 4.74 Å². The molecule has 6 heteroatoms. The lowest BCUT2D eigenvalue weighted by molar-refractivity contribution is 0.195. The second-order valence-electron chi connectivity index (χ2n) is 5.37. The van der Waals surface area contributed by atoms with Crippen molar-refractivity contribution in [2.75, 3.05) is 45.3 Å². The van der Waals surface area contributed by atoms with E-state index < -0.39 is 0 Å². The summed E-state index contributed by atoms with van der Waals surface area (Å²) in [6, 6.07) is 8.79. The van der Waals surface area contributed by atoms with Gasteiger partial charge in [-0.05, 0) is 40.9 Å². The normalized spacial score (nSPS) is 18.6. The summed E-state index contributed by atoms with van der Waals surface area (Å²) >= 11 is 3.63. The molecular formula is C16H25BrN4O. The number of rotatable bonds is 6. The fourth-order valence-corrected chi connectivity index (χ4v) is 3.15. The molecule has 1 heterocycles. The molecule has 0 spiro atoms. The lowest BCUT2D eigenvalue weighted by Gasteiger charge is -2.21. The van der Waals surface area contributed by atoms with E-state index in [9.17, 15) is 0 Å². The van der Waals surface area contributed by atoms with Crippen molar-refractivity contribution in [3.63, 3.8) is 0 Å². The van der Waals surface area contributed by atoms with Crippen LogP contribution in [0, 0.1) is 0 Å². The predicted octanol–water partition coefficient (Wildman–Crippen LogP) is 2.23. The van der Waals surface area contributed by atoms with E-state index in [1.165, 1.54) is 5.69 Å². The van der Waals surface area contributed by atoms with Gasteiger partial charge >= 0.3 is 0 Å². The monoisotopic (exact) mass is 368 g/mol. The Labute approximate surface area is 141 Å². The van der Waals surface area contributed by atoms with Crippen LogP contribution in [0.4, 0.5) is 5.69 Å². The van der Waals surface area contributed by atoms with Crippen LogP contribution in [-0.4, -0.2) is 52.4 Å². The van der Waals surface area contributed by atoms with Crippen LogP contribution < -0.4 is 15.5 Å². The Kier molecular flexibility index (Phi) is 6.99. The molecule has 1 unspecified atom stereocenters. The average Bonchev–Trinajstić information content (AvgIpc) is 2.99. The van der Waals surface area contributed by atoms with Crippen LogP contribution in [0.2, 0.25) is 0 Å². The topological polar surface area (TPSA) is 48.9 Å². The van der Waals surface area contributed by atoms with Crippen molar-refractivity contribution in [2.45, 2.75) is 18.9 Å². The third-order valence-corrected chi connectivity index (χ3v) is 4.43. The van der Waals surface area contributed by atoms with Gasteiger partial charge in [0.25, 0.3) is 0 Å². The molecular weight excluding hydrogens is 344 g/mol. The van der Waals surface area contributed by atoms with Gasteiger partial charge in [0.1, 0.15) is 0 Å². The first-order valence-electron chi connectivity index (χ1n) is 7.70. The van der Waals surface area contributed by atoms with Crippen molar-refractivity contribution in [3.8, 4) is 0 Å². The molecule has 0 radical (unpaired) electrons. The molecule has 1 atom stereocenters. The zero-order chi connectivity index (χ0) is 15.8. The number of ether oxygens (including phenoxy) is 1. The maximum absolute atomic E-state index is 5.05. The van der Waals surface area contributed by atoms with Crippen LogP contribution in [0.25, 0.3) is 0 Å². The van der Waals surface area contributed by atoms with Gasteiger partial charge in [0.2, 0.25) is 0 Å². The fourth-order valence-electron chi connectivity index (χ4n) is 2.62. The van der Waals surface area contributed by atoms with Crippen LogP contribution in [-0.2, 0) is 4.74 Å². The number of nitrogens with zero attached hydrogens (tertiary/aromatic N) is 2. The van der Waals surface area contributed by atoms with Gasteiger partial charge in [0.15, 0.2) is 5.96 Å². The predicted molar refractivity (Wildman–Crippen MR) is 95.8 cm³/mol. The minimum Gasteiger partial charge on any atom is -0.385 e. The zero-order valence-corrected chi connectivity index (χ0v) is 14.9. The maximum Gasteiger partial charge on any atom is 0.191 e. The van der Waals surface area contributed by atoms with Crippen LogP contribution in [0.3, 0.4) is 0 Å². The first kappa shape index (κ1) is 17.1. The highest BCUT2D eigenvalue weighted by Crippen LogP contribution is 2.28. The standard InChI is InChI=1S/C16H25BrN4O/c1-18-16(19-9-5-11-22-2)20-13-8-10-21(12-13)15-7-4-3-6-14(15)17/h3-4,6-7,13H,5,8-12H2,1-2H3,(H2,18,19,20). The molecule has 0 amide bonds. The average molecular weight is 369 g/mol. The van der Waals surface area contributed by atoms with E-state index in [-0.39, 0.29) is 0 Å². The number of anilines is 1. The summed E-state index contributed by atoms with van der Waals surface area (Å²) in [4.78, 5) is 6.69. The molecule has 5 nitrogen and oxygen atoms in total. The van der Waals surface area contributed by atoms with Crippen LogP contribution in [0.15, 0.2) is 33.7 Å². The molecule has 1 fully saturated rings. The molecule has 122 valence electrons. The van der Waals surface area contributed by atoms with E-state index in [0.29, 0.717) is 6.04 Å². The maximum atomic E-state index is 5.05. The fraction of sp³-hybridized carbons (Fsp3) is 0.562. The first-order valence-corrected chi connectivity index (χ1v) is 8.49. The Bertz CT molecular complexity index is 495. The lowest BCUT2D eigenvalue weighted by atomic mass is 10.2. The number of guanidine groups is 1. The van der Waals surface area contributed by atoms with Crippen LogP contribution in [0.1, 0.15) is 12.8 Å². The van der Waals surface area contributed by atoms with E-state index in [1.807, 2.05) is 13.1 Å². The molecule has 0 aliphatic carbocycles. The molecule has 0 aromatic heterocycles. The summed E-state index contributed by atoms with van der Waals surface area (Å²) < 4.78 is 6.20. The lowest BCUT2D eigenvalue weighted by Crippen LogP contribution is -2.45. The second-order valence-corrected chi connectivity index (χ2v) is 6.23. The Hall–Kier alpha value is -1.27. The van der Waals surface area contributed by atoms with Gasteiger partial charge in [-0.25, -0.2) is 0 Å². The van der Waals surface area contributed by atoms with E-state index in [4.69, 9.17) is 4.74 Å². The number of aliphatic imine (C=N–C) groups is 1. The Morgan fingerprint density at radius 3 is 3.00 bits per heavy atom. The molecule has 0 saturated carbocycles. The van der Waals surface area contributed by atoms with Crippen molar-refractivity contribution in [1.82, 2.24) is 10.6 Å². The Balaban J connectivity index is 1.81. The number of methoxy groups -OCH3 is 1. The van der Waals surface area contributed by atoms with Crippen molar-refractivity contribution in [2.24, 2.45) is 4.99 Å². The van der Waals surface area contributed by atoms with E-state index in [0.717, 1.165) is 49.5 Å². The quantitative estimate of drug-likeness (QED) is 0.459. The SMILES string of the molecule is CN=C(NCCCOC)NC1CCN(c2ccccc2Br)C1. The van der Waals surface area contributed by atoms with Gasteiger partial charge in [-0.2, -0.15) is 0 Å². The number of hydrogen-bond donors (Lipinski definition) is 2. The molecule has 2 rings (SSSR count). The Morgan fingerprint density at radius 1 is 1.45 bits per heavy atom. The summed E-state index contributed by atoms with van der Waals surface area (Å²) in [6.07, 6.45) is 2.09. The smallest absolute Gasteiger partial charge is 0.191 e. The van der Waals surface area contributed by atoms with E-state index in [2.05, 4.69) is 54.7 Å². The van der Waals surface area contributed by atoms with Gasteiger partial charge in [-0.3, -0.25) is 4.99 Å². The van der Waals surface area contributed by atoms with Gasteiger partial charge in [0.05, 0.1) is 5.69 Å². The van der Waals surface area contributed by atoms with Crippen LogP contribution in [0.5, 0.6) is 0 Å². The summed E-state index contributed by atoms with van der Waals surface area (Å²) in [7, 11) is 3.54. The molecule has 1 aliphatic heterocycles. The summed E-state index contributed by atoms with van der Waals surface area (Å²) in [6.45, 7) is 3.68. The molecule has 22 heavy (non-hydrogen) atoms. The van der Waals surface area contributed by atoms with E-state index in [1.54, 1.807) is 7.11 Å². The third-order valence-electron chi connectivity index (χ3n) is 3.76. The molecule has 2 N–H and O–H groups in total. The molecule has 0 bridgehead atoms. The summed E-state index contributed by atoms with van der Waals surface area (Å²) in [5, 5.41) is 6.83. The van der Waals surface area contributed by atoms with Crippen molar-refractivity contribution in [3.05, 3.63) is 28.7 Å². The van der Waals surface area contributed by atoms with Gasteiger partial charge in [-0.15, -0.1) is 0 Å². The number of nitrogens with one attached hydrogen (secondary N) is 2. The number of para-hydroxylation sites is 1. The molecule has 1 saturated heterocycles. The van der Waals surface area contributed by atoms with Crippen molar-refractivity contribution in [1.29, 1.82) is 0 Å². The minimum atomic E-state index is 0.417. The second kappa shape index (κ2) is 9.00. The molecule has 1 aromatic carbocycles. The third kappa shape index (κ3) is 4.88. The van der Waals surface area contributed by atoms with Gasteiger partial charge in [0, 0.05) is 50.9 Å². The summed E-state index contributed by atoms with van der Waals surface area (Å²) in [5.74, 6) is 0.870. The minimum absolute atomic E-state index is 0.417. The van der Waals surface area contributed by atoms with Crippen molar-refractivity contribution >= 4 is 27.6 Å². The van der Waals surface area contributed by atoms with Gasteiger partial charge < -0.3 is 20.3 Å².